The van der Waals surface area contributed by atoms with Crippen LogP contribution >= 0.6 is 0 Å². The second kappa shape index (κ2) is 3.51. The fraction of sp³-hybridized carbons (Fsp3) is 0.900. The molecule has 2 heterocycles. The molecule has 1 atom stereocenters. The largest absolute Gasteiger partial charge is 0.315 e. The Morgan fingerprint density at radius 3 is 2.79 bits per heavy atom. The average Bonchev–Trinajstić information content (AvgIpc) is 2.41. The van der Waals surface area contributed by atoms with Gasteiger partial charge in [-0.2, -0.15) is 0 Å². The Labute approximate surface area is 85.0 Å². The fourth-order valence-electron chi connectivity index (χ4n) is 2.24. The molecule has 1 unspecified atom stereocenters. The third kappa shape index (κ3) is 1.91. The van der Waals surface area contributed by atoms with Gasteiger partial charge in [0.1, 0.15) is 0 Å². The summed E-state index contributed by atoms with van der Waals surface area (Å²) in [6, 6.07) is 0.345. The van der Waals surface area contributed by atoms with Crippen molar-refractivity contribution in [3.63, 3.8) is 0 Å². The normalized spacial score (nSPS) is 32.3. The second-order valence-electron chi connectivity index (χ2n) is 4.94. The Morgan fingerprint density at radius 1 is 1.50 bits per heavy atom. The summed E-state index contributed by atoms with van der Waals surface area (Å²) in [7, 11) is 0. The number of nitrogens with zero attached hydrogens (tertiary/aromatic N) is 1. The van der Waals surface area contributed by atoms with Crippen LogP contribution in [0.25, 0.3) is 0 Å². The van der Waals surface area contributed by atoms with Gasteiger partial charge in [-0.15, -0.1) is 0 Å². The van der Waals surface area contributed by atoms with Gasteiger partial charge in [0.15, 0.2) is 0 Å². The SMILES string of the molecule is CC1(C)CC(=O)N(C2CCCNC2)N1. The molecule has 0 radical (unpaired) electrons. The minimum Gasteiger partial charge on any atom is -0.315 e. The summed E-state index contributed by atoms with van der Waals surface area (Å²) in [5, 5.41) is 5.17. The molecule has 2 fully saturated rings. The van der Waals surface area contributed by atoms with Crippen LogP contribution in [0.4, 0.5) is 0 Å². The van der Waals surface area contributed by atoms with Gasteiger partial charge in [-0.25, -0.2) is 5.43 Å². The van der Waals surface area contributed by atoms with E-state index >= 15 is 0 Å². The number of nitrogens with one attached hydrogen (secondary N) is 2. The minimum absolute atomic E-state index is 0.0610. The van der Waals surface area contributed by atoms with E-state index in [1.165, 1.54) is 0 Å². The van der Waals surface area contributed by atoms with Crippen molar-refractivity contribution in [3.05, 3.63) is 0 Å². The van der Waals surface area contributed by atoms with E-state index < -0.39 is 0 Å². The van der Waals surface area contributed by atoms with Crippen molar-refractivity contribution < 1.29 is 4.79 Å². The van der Waals surface area contributed by atoms with Gasteiger partial charge < -0.3 is 5.32 Å². The van der Waals surface area contributed by atoms with Crippen LogP contribution in [0.15, 0.2) is 0 Å². The van der Waals surface area contributed by atoms with Crippen molar-refractivity contribution in [2.24, 2.45) is 0 Å². The summed E-state index contributed by atoms with van der Waals surface area (Å²) in [6.07, 6.45) is 2.89. The van der Waals surface area contributed by atoms with E-state index in [-0.39, 0.29) is 11.4 Å². The molecule has 14 heavy (non-hydrogen) atoms. The molecule has 4 heteroatoms. The lowest BCUT2D eigenvalue weighted by Gasteiger charge is -2.32. The van der Waals surface area contributed by atoms with Crippen LogP contribution in [0.1, 0.15) is 33.1 Å². The minimum atomic E-state index is -0.0610. The van der Waals surface area contributed by atoms with Gasteiger partial charge in [-0.3, -0.25) is 9.80 Å². The summed E-state index contributed by atoms with van der Waals surface area (Å²) in [5.74, 6) is 0.240. The van der Waals surface area contributed by atoms with Crippen molar-refractivity contribution in [2.45, 2.75) is 44.7 Å². The van der Waals surface area contributed by atoms with E-state index in [0.717, 1.165) is 25.9 Å². The number of hydrogen-bond acceptors (Lipinski definition) is 3. The quantitative estimate of drug-likeness (QED) is 0.633. The third-order valence-corrected chi connectivity index (χ3v) is 2.92. The smallest absolute Gasteiger partial charge is 0.238 e. The van der Waals surface area contributed by atoms with Crippen LogP contribution in [-0.2, 0) is 4.79 Å². The number of hydrazine groups is 1. The lowest BCUT2D eigenvalue weighted by molar-refractivity contribution is -0.132. The summed E-state index contributed by atoms with van der Waals surface area (Å²) in [5.41, 5.74) is 3.23. The Balaban J connectivity index is 2.00. The van der Waals surface area contributed by atoms with E-state index in [1.54, 1.807) is 0 Å². The highest BCUT2D eigenvalue weighted by Crippen LogP contribution is 2.22. The van der Waals surface area contributed by atoms with Crippen molar-refractivity contribution in [2.75, 3.05) is 13.1 Å². The first kappa shape index (κ1) is 9.93. The molecule has 2 rings (SSSR count). The fourth-order valence-corrected chi connectivity index (χ4v) is 2.24. The molecule has 0 aromatic heterocycles. The van der Waals surface area contributed by atoms with Gasteiger partial charge in [0, 0.05) is 18.5 Å². The molecule has 0 aromatic rings. The molecule has 0 aliphatic carbocycles. The molecule has 2 N–H and O–H groups in total. The van der Waals surface area contributed by atoms with E-state index in [9.17, 15) is 4.79 Å². The Bertz CT molecular complexity index is 234. The zero-order valence-electron chi connectivity index (χ0n) is 8.97. The lowest BCUT2D eigenvalue weighted by Crippen LogP contribution is -2.53. The number of hydrogen-bond donors (Lipinski definition) is 2. The number of carbonyl (C=O) groups excluding carboxylic acids is 1. The predicted octanol–water partition coefficient (Wildman–Crippen LogP) is 0.254. The summed E-state index contributed by atoms with van der Waals surface area (Å²) in [4.78, 5) is 11.7. The van der Waals surface area contributed by atoms with Gasteiger partial charge >= 0.3 is 0 Å². The maximum atomic E-state index is 11.7. The van der Waals surface area contributed by atoms with Gasteiger partial charge in [-0.1, -0.05) is 0 Å². The van der Waals surface area contributed by atoms with Gasteiger partial charge in [0.05, 0.1) is 6.04 Å². The van der Waals surface area contributed by atoms with E-state index in [4.69, 9.17) is 0 Å². The number of amides is 1. The zero-order chi connectivity index (χ0) is 10.2. The maximum absolute atomic E-state index is 11.7. The Hall–Kier alpha value is -0.610. The first-order valence-electron chi connectivity index (χ1n) is 5.39. The standard InChI is InChI=1S/C10H19N3O/c1-10(2)6-9(14)13(12-10)8-4-3-5-11-7-8/h8,11-12H,3-7H2,1-2H3. The number of carbonyl (C=O) groups is 1. The van der Waals surface area contributed by atoms with Crippen LogP contribution in [0, 0.1) is 0 Å². The van der Waals surface area contributed by atoms with Gasteiger partial charge in [0.25, 0.3) is 0 Å². The summed E-state index contributed by atoms with van der Waals surface area (Å²) >= 11 is 0. The lowest BCUT2D eigenvalue weighted by atomic mass is 10.0. The molecule has 1 amide bonds. The molecule has 2 aliphatic heterocycles. The first-order valence-corrected chi connectivity index (χ1v) is 5.39. The summed E-state index contributed by atoms with van der Waals surface area (Å²) in [6.45, 7) is 6.15. The Morgan fingerprint density at radius 2 is 2.29 bits per heavy atom. The molecular weight excluding hydrogens is 178 g/mol. The van der Waals surface area contributed by atoms with Crippen LogP contribution in [0.2, 0.25) is 0 Å². The number of rotatable bonds is 1. The van der Waals surface area contributed by atoms with Crippen LogP contribution in [0.3, 0.4) is 0 Å². The van der Waals surface area contributed by atoms with Crippen LogP contribution < -0.4 is 10.7 Å². The second-order valence-corrected chi connectivity index (χ2v) is 4.94. The highest BCUT2D eigenvalue weighted by atomic mass is 16.2. The molecule has 80 valence electrons. The maximum Gasteiger partial charge on any atom is 0.238 e. The molecular formula is C10H19N3O. The van der Waals surface area contributed by atoms with Crippen molar-refractivity contribution in [3.8, 4) is 0 Å². The third-order valence-electron chi connectivity index (χ3n) is 2.92. The van der Waals surface area contributed by atoms with Gasteiger partial charge in [0.2, 0.25) is 5.91 Å². The molecule has 2 saturated heterocycles. The van der Waals surface area contributed by atoms with Crippen LogP contribution in [0.5, 0.6) is 0 Å². The monoisotopic (exact) mass is 197 g/mol. The molecule has 0 aromatic carbocycles. The van der Waals surface area contributed by atoms with Crippen molar-refractivity contribution in [1.82, 2.24) is 15.8 Å². The molecule has 0 bridgehead atoms. The summed E-state index contributed by atoms with van der Waals surface area (Å²) < 4.78 is 0. The average molecular weight is 197 g/mol. The van der Waals surface area contributed by atoms with E-state index in [2.05, 4.69) is 24.6 Å². The van der Waals surface area contributed by atoms with Crippen LogP contribution in [-0.4, -0.2) is 35.6 Å². The first-order chi connectivity index (χ1) is 6.58. The zero-order valence-corrected chi connectivity index (χ0v) is 8.97. The van der Waals surface area contributed by atoms with Crippen molar-refractivity contribution >= 4 is 5.91 Å². The topological polar surface area (TPSA) is 44.4 Å². The highest BCUT2D eigenvalue weighted by molar-refractivity contribution is 5.79. The Kier molecular flexibility index (Phi) is 2.49. The van der Waals surface area contributed by atoms with Gasteiger partial charge in [-0.05, 0) is 33.2 Å². The molecule has 0 spiro atoms. The predicted molar refractivity (Wildman–Crippen MR) is 54.6 cm³/mol. The van der Waals surface area contributed by atoms with E-state index in [1.807, 2.05) is 5.01 Å². The molecule has 2 aliphatic rings. The molecule has 4 nitrogen and oxygen atoms in total. The number of piperidine rings is 1. The molecule has 0 saturated carbocycles. The van der Waals surface area contributed by atoms with Crippen molar-refractivity contribution in [1.29, 1.82) is 0 Å². The van der Waals surface area contributed by atoms with E-state index in [0.29, 0.717) is 12.5 Å². The highest BCUT2D eigenvalue weighted by Gasteiger charge is 2.38.